The molecule has 0 aliphatic heterocycles. The van der Waals surface area contributed by atoms with Crippen molar-refractivity contribution in [3.63, 3.8) is 0 Å². The van der Waals surface area contributed by atoms with Crippen molar-refractivity contribution >= 4 is 28.2 Å². The molecule has 0 radical (unpaired) electrons. The van der Waals surface area contributed by atoms with E-state index in [1.165, 1.54) is 11.3 Å². The summed E-state index contributed by atoms with van der Waals surface area (Å²) in [6.07, 6.45) is 2.46. The van der Waals surface area contributed by atoms with Gasteiger partial charge in [-0.25, -0.2) is 9.37 Å². The van der Waals surface area contributed by atoms with Crippen molar-refractivity contribution in [1.82, 2.24) is 9.55 Å². The van der Waals surface area contributed by atoms with Gasteiger partial charge in [0.15, 0.2) is 0 Å². The number of alkyl halides is 1. The molecule has 0 unspecified atom stereocenters. The van der Waals surface area contributed by atoms with Crippen LogP contribution in [0.15, 0.2) is 24.4 Å². The largest absolute Gasteiger partial charge is 0.480 e. The molecule has 0 fully saturated rings. The van der Waals surface area contributed by atoms with E-state index < -0.39 is 12.6 Å². The van der Waals surface area contributed by atoms with E-state index in [1.54, 1.807) is 4.57 Å². The number of carbonyl (C=O) groups is 1. The van der Waals surface area contributed by atoms with Gasteiger partial charge in [-0.15, -0.1) is 11.3 Å². The van der Waals surface area contributed by atoms with Crippen molar-refractivity contribution in [3.05, 3.63) is 51.1 Å². The standard InChI is InChI=1S/C17H17FN2O2S/c1-10-4-3-5-13-17(10)12(8-20(13)9-16(21)22)6-15-19-11(2)14(7-18)23-15/h3-5,8H,6-7,9H2,1-2H3,(H,21,22). The van der Waals surface area contributed by atoms with Gasteiger partial charge in [0.1, 0.15) is 13.2 Å². The number of hydrogen-bond donors (Lipinski definition) is 1. The van der Waals surface area contributed by atoms with Crippen LogP contribution in [-0.4, -0.2) is 20.6 Å². The molecule has 6 heteroatoms. The van der Waals surface area contributed by atoms with Crippen LogP contribution in [0.5, 0.6) is 0 Å². The minimum absolute atomic E-state index is 0.0768. The van der Waals surface area contributed by atoms with Gasteiger partial charge in [0, 0.05) is 23.5 Å². The average Bonchev–Trinajstić information content (AvgIpc) is 3.01. The van der Waals surface area contributed by atoms with Gasteiger partial charge < -0.3 is 9.67 Å². The van der Waals surface area contributed by atoms with Crippen LogP contribution in [0.25, 0.3) is 10.9 Å². The molecule has 0 amide bonds. The molecule has 23 heavy (non-hydrogen) atoms. The second kappa shape index (κ2) is 6.12. The third-order valence-electron chi connectivity index (χ3n) is 3.90. The van der Waals surface area contributed by atoms with Crippen LogP contribution in [-0.2, 0) is 24.4 Å². The van der Waals surface area contributed by atoms with Crippen LogP contribution in [0, 0.1) is 13.8 Å². The zero-order valence-electron chi connectivity index (χ0n) is 13.0. The molecule has 1 aromatic carbocycles. The SMILES string of the molecule is Cc1nc(Cc2cn(CC(=O)O)c3cccc(C)c23)sc1CF. The molecule has 2 heterocycles. The van der Waals surface area contributed by atoms with E-state index in [2.05, 4.69) is 4.98 Å². The highest BCUT2D eigenvalue weighted by atomic mass is 32.1. The number of thiazole rings is 1. The Hall–Kier alpha value is -2.21. The number of nitrogens with zero attached hydrogens (tertiary/aromatic N) is 2. The number of aryl methyl sites for hydroxylation is 2. The van der Waals surface area contributed by atoms with Crippen LogP contribution in [0.2, 0.25) is 0 Å². The zero-order chi connectivity index (χ0) is 16.6. The summed E-state index contributed by atoms with van der Waals surface area (Å²) < 4.78 is 14.7. The van der Waals surface area contributed by atoms with Crippen molar-refractivity contribution < 1.29 is 14.3 Å². The first-order valence-corrected chi connectivity index (χ1v) is 8.11. The summed E-state index contributed by atoms with van der Waals surface area (Å²) in [6, 6.07) is 5.86. The predicted molar refractivity (Wildman–Crippen MR) is 88.8 cm³/mol. The van der Waals surface area contributed by atoms with E-state index in [0.717, 1.165) is 32.7 Å². The molecule has 0 saturated heterocycles. The minimum atomic E-state index is -0.875. The number of carboxylic acid groups (broad SMARTS) is 1. The summed E-state index contributed by atoms with van der Waals surface area (Å²) in [5, 5.41) is 11.0. The van der Waals surface area contributed by atoms with E-state index in [-0.39, 0.29) is 6.54 Å². The van der Waals surface area contributed by atoms with Gasteiger partial charge >= 0.3 is 5.97 Å². The Morgan fingerprint density at radius 1 is 1.39 bits per heavy atom. The summed E-state index contributed by atoms with van der Waals surface area (Å²) in [5.41, 5.74) is 3.76. The van der Waals surface area contributed by atoms with E-state index in [1.807, 2.05) is 38.2 Å². The molecule has 0 bridgehead atoms. The fraction of sp³-hybridized carbons (Fsp3) is 0.294. The van der Waals surface area contributed by atoms with Crippen molar-refractivity contribution in [2.24, 2.45) is 0 Å². The number of carboxylic acids is 1. The molecule has 0 atom stereocenters. The number of halogens is 1. The first kappa shape index (κ1) is 15.7. The van der Waals surface area contributed by atoms with Gasteiger partial charge in [-0.3, -0.25) is 4.79 Å². The quantitative estimate of drug-likeness (QED) is 0.772. The summed E-state index contributed by atoms with van der Waals surface area (Å²) >= 11 is 1.38. The number of aliphatic carboxylic acids is 1. The summed E-state index contributed by atoms with van der Waals surface area (Å²) in [4.78, 5) is 16.2. The average molecular weight is 332 g/mol. The fourth-order valence-electron chi connectivity index (χ4n) is 2.89. The maximum atomic E-state index is 12.9. The Morgan fingerprint density at radius 3 is 2.83 bits per heavy atom. The maximum Gasteiger partial charge on any atom is 0.323 e. The second-order valence-corrected chi connectivity index (χ2v) is 6.74. The van der Waals surface area contributed by atoms with Crippen LogP contribution in [0.3, 0.4) is 0 Å². The summed E-state index contributed by atoms with van der Waals surface area (Å²) in [5.74, 6) is -0.875. The molecular weight excluding hydrogens is 315 g/mol. The Kier molecular flexibility index (Phi) is 4.17. The third kappa shape index (κ3) is 2.99. The fourth-order valence-corrected chi connectivity index (χ4v) is 3.84. The highest BCUT2D eigenvalue weighted by Crippen LogP contribution is 2.29. The normalized spacial score (nSPS) is 11.3. The Bertz CT molecular complexity index is 882. The van der Waals surface area contributed by atoms with Crippen molar-refractivity contribution in [2.45, 2.75) is 33.5 Å². The molecule has 4 nitrogen and oxygen atoms in total. The molecule has 3 rings (SSSR count). The van der Waals surface area contributed by atoms with E-state index in [4.69, 9.17) is 5.11 Å². The van der Waals surface area contributed by atoms with Gasteiger partial charge in [-0.2, -0.15) is 0 Å². The van der Waals surface area contributed by atoms with Crippen LogP contribution >= 0.6 is 11.3 Å². The number of rotatable bonds is 5. The van der Waals surface area contributed by atoms with E-state index in [0.29, 0.717) is 11.3 Å². The zero-order valence-corrected chi connectivity index (χ0v) is 13.8. The summed E-state index contributed by atoms with van der Waals surface area (Å²) in [6.45, 7) is 3.25. The van der Waals surface area contributed by atoms with E-state index in [9.17, 15) is 9.18 Å². The molecule has 3 aromatic rings. The molecule has 0 aliphatic carbocycles. The van der Waals surface area contributed by atoms with E-state index >= 15 is 0 Å². The first-order chi connectivity index (χ1) is 11.0. The molecule has 1 N–H and O–H groups in total. The minimum Gasteiger partial charge on any atom is -0.480 e. The maximum absolute atomic E-state index is 12.9. The number of aromatic nitrogens is 2. The van der Waals surface area contributed by atoms with Gasteiger partial charge in [0.2, 0.25) is 0 Å². The second-order valence-electron chi connectivity index (χ2n) is 5.57. The Balaban J connectivity index is 2.07. The third-order valence-corrected chi connectivity index (χ3v) is 5.02. The molecule has 0 spiro atoms. The van der Waals surface area contributed by atoms with Crippen molar-refractivity contribution in [2.75, 3.05) is 0 Å². The topological polar surface area (TPSA) is 55.1 Å². The van der Waals surface area contributed by atoms with Crippen LogP contribution in [0.1, 0.15) is 26.7 Å². The smallest absolute Gasteiger partial charge is 0.323 e. The Labute approximate surface area is 137 Å². The van der Waals surface area contributed by atoms with Gasteiger partial charge in [0.05, 0.1) is 15.6 Å². The van der Waals surface area contributed by atoms with Gasteiger partial charge in [-0.1, -0.05) is 12.1 Å². The number of benzene rings is 1. The highest BCUT2D eigenvalue weighted by molar-refractivity contribution is 7.11. The van der Waals surface area contributed by atoms with Crippen LogP contribution in [0.4, 0.5) is 4.39 Å². The van der Waals surface area contributed by atoms with Crippen molar-refractivity contribution in [1.29, 1.82) is 0 Å². The molecule has 0 saturated carbocycles. The van der Waals surface area contributed by atoms with Gasteiger partial charge in [0.25, 0.3) is 0 Å². The van der Waals surface area contributed by atoms with Gasteiger partial charge in [-0.05, 0) is 31.0 Å². The lowest BCUT2D eigenvalue weighted by molar-refractivity contribution is -0.137. The monoisotopic (exact) mass is 332 g/mol. The first-order valence-electron chi connectivity index (χ1n) is 7.30. The molecule has 2 aromatic heterocycles. The number of fused-ring (bicyclic) bond motifs is 1. The highest BCUT2D eigenvalue weighted by Gasteiger charge is 2.15. The molecule has 0 aliphatic rings. The van der Waals surface area contributed by atoms with Crippen LogP contribution < -0.4 is 0 Å². The number of hydrogen-bond acceptors (Lipinski definition) is 3. The van der Waals surface area contributed by atoms with Crippen molar-refractivity contribution in [3.8, 4) is 0 Å². The lowest BCUT2D eigenvalue weighted by Gasteiger charge is -2.02. The lowest BCUT2D eigenvalue weighted by Crippen LogP contribution is -2.07. The molecular formula is C17H17FN2O2S. The lowest BCUT2D eigenvalue weighted by atomic mass is 10.1. The summed E-state index contributed by atoms with van der Waals surface area (Å²) in [7, 11) is 0. The predicted octanol–water partition coefficient (Wildman–Crippen LogP) is 3.86. The Morgan fingerprint density at radius 2 is 2.17 bits per heavy atom. The molecule has 120 valence electrons.